The average molecular weight is 437 g/mol. The van der Waals surface area contributed by atoms with E-state index in [0.29, 0.717) is 17.9 Å². The third-order valence-corrected chi connectivity index (χ3v) is 5.69. The quantitative estimate of drug-likeness (QED) is 0.463. The molecule has 0 saturated heterocycles. The van der Waals surface area contributed by atoms with Gasteiger partial charge in [-0.25, -0.2) is 9.50 Å². The second-order valence-corrected chi connectivity index (χ2v) is 7.80. The van der Waals surface area contributed by atoms with Crippen LogP contribution in [0.15, 0.2) is 63.9 Å². The lowest BCUT2D eigenvalue weighted by atomic mass is 9.88. The second kappa shape index (κ2) is 6.60. The molecule has 0 saturated carbocycles. The molecule has 0 N–H and O–H groups in total. The molecule has 1 unspecified atom stereocenters. The zero-order valence-corrected chi connectivity index (χ0v) is 16.8. The average Bonchev–Trinajstić information content (AvgIpc) is 3.37. The van der Waals surface area contributed by atoms with Gasteiger partial charge in [0.1, 0.15) is 5.76 Å². The summed E-state index contributed by atoms with van der Waals surface area (Å²) in [6, 6.07) is 11.7. The van der Waals surface area contributed by atoms with Crippen LogP contribution >= 0.6 is 15.9 Å². The molecule has 0 fully saturated rings. The van der Waals surface area contributed by atoms with Crippen LogP contribution in [-0.4, -0.2) is 31.9 Å². The smallest absolute Gasteiger partial charge is 0.274 e. The van der Waals surface area contributed by atoms with Crippen molar-refractivity contribution in [3.8, 4) is 11.3 Å². The largest absolute Gasteiger partial charge is 0.464 e. The highest BCUT2D eigenvalue weighted by molar-refractivity contribution is 9.10. The summed E-state index contributed by atoms with van der Waals surface area (Å²) in [4.78, 5) is 19.4. The van der Waals surface area contributed by atoms with Gasteiger partial charge in [-0.1, -0.05) is 18.2 Å². The topological polar surface area (TPSA) is 63.6 Å². The zero-order valence-electron chi connectivity index (χ0n) is 15.2. The fraction of sp³-hybridized carbons (Fsp3) is 0.190. The lowest BCUT2D eigenvalue weighted by molar-refractivity contribution is 0.0671. The van der Waals surface area contributed by atoms with Crippen LogP contribution in [0.3, 0.4) is 0 Å². The highest BCUT2D eigenvalue weighted by Crippen LogP contribution is 2.36. The summed E-state index contributed by atoms with van der Waals surface area (Å²) < 4.78 is 8.04. The number of benzene rings is 1. The number of hydrogen-bond donors (Lipinski definition) is 0. The molecule has 0 bridgehead atoms. The van der Waals surface area contributed by atoms with Crippen LogP contribution in [0.2, 0.25) is 0 Å². The Bertz CT molecular complexity index is 1180. The van der Waals surface area contributed by atoms with Crippen LogP contribution in [0.5, 0.6) is 0 Å². The predicted octanol–water partition coefficient (Wildman–Crippen LogP) is 4.51. The van der Waals surface area contributed by atoms with Crippen molar-refractivity contribution in [2.45, 2.75) is 19.4 Å². The molecule has 1 aliphatic rings. The minimum absolute atomic E-state index is 0.0457. The molecule has 28 heavy (non-hydrogen) atoms. The molecule has 0 aliphatic carbocycles. The molecular formula is C21H17BrN4O2. The van der Waals surface area contributed by atoms with E-state index in [0.717, 1.165) is 27.8 Å². The van der Waals surface area contributed by atoms with Crippen LogP contribution in [0.4, 0.5) is 0 Å². The van der Waals surface area contributed by atoms with E-state index in [9.17, 15) is 4.79 Å². The second-order valence-electron chi connectivity index (χ2n) is 6.88. The van der Waals surface area contributed by atoms with E-state index in [-0.39, 0.29) is 11.9 Å². The SMILES string of the molecule is CC1c2cccc(-c3ccco3)c2CCN1C(=O)c1cc2ncc(Br)cn2n1. The maximum absolute atomic E-state index is 13.2. The minimum Gasteiger partial charge on any atom is -0.464 e. The lowest BCUT2D eigenvalue weighted by Crippen LogP contribution is -2.39. The Labute approximate surface area is 169 Å². The van der Waals surface area contributed by atoms with Crippen molar-refractivity contribution >= 4 is 27.5 Å². The van der Waals surface area contributed by atoms with Gasteiger partial charge >= 0.3 is 0 Å². The molecule has 4 heterocycles. The number of fused-ring (bicyclic) bond motifs is 2. The number of carbonyl (C=O) groups excluding carboxylic acids is 1. The van der Waals surface area contributed by atoms with E-state index in [1.54, 1.807) is 29.2 Å². The van der Waals surface area contributed by atoms with E-state index in [2.05, 4.69) is 45.1 Å². The molecule has 4 aromatic rings. The number of carbonyl (C=O) groups is 1. The number of aromatic nitrogens is 3. The number of rotatable bonds is 2. The standard InChI is InChI=1S/C21H17BrN4O2/c1-13-15-4-2-5-17(19-6-3-9-28-19)16(15)7-8-25(13)21(27)18-10-20-23-11-14(22)12-26(20)24-18/h2-6,9-13H,7-8H2,1H3. The summed E-state index contributed by atoms with van der Waals surface area (Å²) in [6.45, 7) is 2.70. The summed E-state index contributed by atoms with van der Waals surface area (Å²) in [6.07, 6.45) is 5.96. The Kier molecular flexibility index (Phi) is 4.05. The van der Waals surface area contributed by atoms with Crippen molar-refractivity contribution in [3.05, 3.63) is 76.3 Å². The van der Waals surface area contributed by atoms with Gasteiger partial charge in [0.2, 0.25) is 0 Å². The Hall–Kier alpha value is -2.93. The molecule has 7 heteroatoms. The first-order chi connectivity index (χ1) is 13.6. The number of furan rings is 1. The van der Waals surface area contributed by atoms with Gasteiger partial charge in [-0.3, -0.25) is 4.79 Å². The van der Waals surface area contributed by atoms with Crippen LogP contribution in [0, 0.1) is 0 Å². The Morgan fingerprint density at radius 2 is 2.18 bits per heavy atom. The number of amides is 1. The van der Waals surface area contributed by atoms with Gasteiger partial charge < -0.3 is 9.32 Å². The van der Waals surface area contributed by atoms with Gasteiger partial charge in [0.15, 0.2) is 11.3 Å². The Balaban J connectivity index is 1.49. The summed E-state index contributed by atoms with van der Waals surface area (Å²) in [5, 5.41) is 4.42. The molecule has 1 atom stereocenters. The van der Waals surface area contributed by atoms with Crippen LogP contribution < -0.4 is 0 Å². The first-order valence-electron chi connectivity index (χ1n) is 9.09. The van der Waals surface area contributed by atoms with Crippen molar-refractivity contribution in [3.63, 3.8) is 0 Å². The third-order valence-electron chi connectivity index (χ3n) is 5.28. The van der Waals surface area contributed by atoms with Gasteiger partial charge in [0, 0.05) is 30.6 Å². The summed E-state index contributed by atoms with van der Waals surface area (Å²) >= 11 is 3.38. The predicted molar refractivity (Wildman–Crippen MR) is 108 cm³/mol. The molecule has 0 spiro atoms. The third kappa shape index (κ3) is 2.74. The van der Waals surface area contributed by atoms with Crippen LogP contribution in [-0.2, 0) is 6.42 Å². The molecule has 0 radical (unpaired) electrons. The van der Waals surface area contributed by atoms with E-state index in [1.807, 2.05) is 23.1 Å². The Morgan fingerprint density at radius 1 is 1.29 bits per heavy atom. The summed E-state index contributed by atoms with van der Waals surface area (Å²) in [5.74, 6) is 0.781. The Morgan fingerprint density at radius 3 is 3.00 bits per heavy atom. The fourth-order valence-corrected chi connectivity index (χ4v) is 4.21. The zero-order chi connectivity index (χ0) is 19.3. The summed E-state index contributed by atoms with van der Waals surface area (Å²) in [7, 11) is 0. The highest BCUT2D eigenvalue weighted by atomic mass is 79.9. The molecule has 5 rings (SSSR count). The summed E-state index contributed by atoms with van der Waals surface area (Å²) in [5.41, 5.74) is 4.55. The fourth-order valence-electron chi connectivity index (χ4n) is 3.91. The van der Waals surface area contributed by atoms with Crippen molar-refractivity contribution in [2.24, 2.45) is 0 Å². The maximum atomic E-state index is 13.2. The molecule has 1 amide bonds. The number of nitrogens with zero attached hydrogens (tertiary/aromatic N) is 4. The molecule has 3 aromatic heterocycles. The molecule has 6 nitrogen and oxygen atoms in total. The van der Waals surface area contributed by atoms with Crippen LogP contribution in [0.25, 0.3) is 17.0 Å². The normalized spacial score (nSPS) is 16.4. The van der Waals surface area contributed by atoms with Gasteiger partial charge in [-0.15, -0.1) is 0 Å². The first kappa shape index (κ1) is 17.2. The van der Waals surface area contributed by atoms with Gasteiger partial charge in [-0.2, -0.15) is 5.10 Å². The molecule has 140 valence electrons. The van der Waals surface area contributed by atoms with E-state index < -0.39 is 0 Å². The van der Waals surface area contributed by atoms with Crippen molar-refractivity contribution in [1.82, 2.24) is 19.5 Å². The molecule has 1 aliphatic heterocycles. The van der Waals surface area contributed by atoms with Crippen LogP contribution in [0.1, 0.15) is 34.6 Å². The lowest BCUT2D eigenvalue weighted by Gasteiger charge is -2.35. The first-order valence-corrected chi connectivity index (χ1v) is 9.88. The maximum Gasteiger partial charge on any atom is 0.274 e. The minimum atomic E-state index is -0.0804. The van der Waals surface area contributed by atoms with E-state index >= 15 is 0 Å². The van der Waals surface area contributed by atoms with Gasteiger partial charge in [-0.05, 0) is 52.5 Å². The van der Waals surface area contributed by atoms with Crippen molar-refractivity contribution in [1.29, 1.82) is 0 Å². The number of hydrogen-bond acceptors (Lipinski definition) is 4. The molecule has 1 aromatic carbocycles. The van der Waals surface area contributed by atoms with E-state index in [4.69, 9.17) is 4.42 Å². The van der Waals surface area contributed by atoms with Gasteiger partial charge in [0.05, 0.1) is 16.8 Å². The van der Waals surface area contributed by atoms with Crippen molar-refractivity contribution < 1.29 is 9.21 Å². The van der Waals surface area contributed by atoms with E-state index in [1.165, 1.54) is 5.56 Å². The number of halogens is 1. The van der Waals surface area contributed by atoms with Gasteiger partial charge in [0.25, 0.3) is 5.91 Å². The van der Waals surface area contributed by atoms with Crippen molar-refractivity contribution in [2.75, 3.05) is 6.54 Å². The highest BCUT2D eigenvalue weighted by Gasteiger charge is 2.31. The molecular weight excluding hydrogens is 420 g/mol. The monoisotopic (exact) mass is 436 g/mol.